The first-order chi connectivity index (χ1) is 13.6. The first-order valence-corrected chi connectivity index (χ1v) is 9.25. The molecule has 0 unspecified atom stereocenters. The summed E-state index contributed by atoms with van der Waals surface area (Å²) in [5, 5.41) is 18.0. The van der Waals surface area contributed by atoms with Crippen molar-refractivity contribution in [1.29, 1.82) is 0 Å². The van der Waals surface area contributed by atoms with Crippen molar-refractivity contribution < 1.29 is 4.79 Å². The van der Waals surface area contributed by atoms with Gasteiger partial charge in [0.15, 0.2) is 5.82 Å². The number of aromatic nitrogens is 3. The topological polar surface area (TPSA) is 91.8 Å². The van der Waals surface area contributed by atoms with Crippen molar-refractivity contribution in [3.63, 3.8) is 0 Å². The van der Waals surface area contributed by atoms with E-state index < -0.39 is 0 Å². The third-order valence-corrected chi connectivity index (χ3v) is 4.12. The molecule has 1 aromatic carbocycles. The first kappa shape index (κ1) is 19.6. The monoisotopic (exact) mass is 396 g/mol. The van der Waals surface area contributed by atoms with Gasteiger partial charge in [0, 0.05) is 24.3 Å². The van der Waals surface area contributed by atoms with Gasteiger partial charge in [-0.25, -0.2) is 4.98 Å². The van der Waals surface area contributed by atoms with Gasteiger partial charge < -0.3 is 16.0 Å². The van der Waals surface area contributed by atoms with Crippen molar-refractivity contribution in [2.45, 2.75) is 13.3 Å². The minimum absolute atomic E-state index is 0.0413. The molecule has 2 heterocycles. The Labute approximate surface area is 168 Å². The van der Waals surface area contributed by atoms with E-state index in [1.54, 1.807) is 18.3 Å². The molecule has 144 valence electrons. The molecule has 7 nitrogen and oxygen atoms in total. The van der Waals surface area contributed by atoms with E-state index in [2.05, 4.69) is 31.1 Å². The van der Waals surface area contributed by atoms with E-state index in [1.165, 1.54) is 0 Å². The van der Waals surface area contributed by atoms with E-state index in [0.29, 0.717) is 36.2 Å². The average molecular weight is 397 g/mol. The molecule has 2 aromatic heterocycles. The molecule has 3 aromatic rings. The van der Waals surface area contributed by atoms with E-state index >= 15 is 0 Å². The molecular weight excluding hydrogens is 376 g/mol. The largest absolute Gasteiger partial charge is 0.367 e. The van der Waals surface area contributed by atoms with Crippen LogP contribution in [-0.2, 0) is 11.2 Å². The lowest BCUT2D eigenvalue weighted by Crippen LogP contribution is -2.30. The molecule has 0 aliphatic carbocycles. The van der Waals surface area contributed by atoms with E-state index in [4.69, 9.17) is 11.6 Å². The third-order valence-electron chi connectivity index (χ3n) is 3.87. The first-order valence-electron chi connectivity index (χ1n) is 8.87. The molecule has 8 heteroatoms. The summed E-state index contributed by atoms with van der Waals surface area (Å²) in [5.41, 5.74) is 2.04. The van der Waals surface area contributed by atoms with Gasteiger partial charge in [0.2, 0.25) is 5.91 Å². The van der Waals surface area contributed by atoms with Crippen LogP contribution in [0.3, 0.4) is 0 Å². The lowest BCUT2D eigenvalue weighted by atomic mass is 10.1. The fourth-order valence-corrected chi connectivity index (χ4v) is 2.60. The molecule has 0 saturated carbocycles. The molecule has 0 atom stereocenters. The normalized spacial score (nSPS) is 10.4. The fourth-order valence-electron chi connectivity index (χ4n) is 2.47. The van der Waals surface area contributed by atoms with Gasteiger partial charge in [-0.05, 0) is 54.4 Å². The number of halogens is 1. The summed E-state index contributed by atoms with van der Waals surface area (Å²) in [7, 11) is 0. The van der Waals surface area contributed by atoms with Gasteiger partial charge in [0.05, 0.1) is 6.42 Å². The summed E-state index contributed by atoms with van der Waals surface area (Å²) >= 11 is 5.84. The van der Waals surface area contributed by atoms with Crippen LogP contribution in [-0.4, -0.2) is 34.2 Å². The predicted octanol–water partition coefficient (Wildman–Crippen LogP) is 3.35. The second-order valence-corrected chi connectivity index (χ2v) is 6.66. The summed E-state index contributed by atoms with van der Waals surface area (Å²) in [6.45, 7) is 3.04. The molecule has 0 radical (unpaired) electrons. The highest BCUT2D eigenvalue weighted by molar-refractivity contribution is 6.30. The minimum atomic E-state index is -0.0413. The van der Waals surface area contributed by atoms with Crippen LogP contribution in [0.2, 0.25) is 5.02 Å². The highest BCUT2D eigenvalue weighted by atomic mass is 35.5. The van der Waals surface area contributed by atoms with E-state index in [-0.39, 0.29) is 5.91 Å². The lowest BCUT2D eigenvalue weighted by molar-refractivity contribution is -0.120. The molecule has 0 saturated heterocycles. The maximum atomic E-state index is 11.9. The van der Waals surface area contributed by atoms with Gasteiger partial charge in [0.25, 0.3) is 0 Å². The second-order valence-electron chi connectivity index (χ2n) is 6.23. The number of nitrogens with one attached hydrogen (secondary N) is 3. The van der Waals surface area contributed by atoms with Gasteiger partial charge in [-0.3, -0.25) is 4.79 Å². The van der Waals surface area contributed by atoms with Gasteiger partial charge in [-0.2, -0.15) is 0 Å². The molecule has 0 bridgehead atoms. The number of hydrogen-bond donors (Lipinski definition) is 3. The van der Waals surface area contributed by atoms with Crippen molar-refractivity contribution in [3.05, 3.63) is 70.9 Å². The van der Waals surface area contributed by atoms with Crippen molar-refractivity contribution >= 4 is 35.0 Å². The van der Waals surface area contributed by atoms with Crippen LogP contribution in [0.15, 0.2) is 54.7 Å². The number of benzene rings is 1. The molecule has 0 aliphatic heterocycles. The number of pyridine rings is 1. The van der Waals surface area contributed by atoms with Crippen molar-refractivity contribution in [2.24, 2.45) is 0 Å². The molecule has 0 aliphatic rings. The van der Waals surface area contributed by atoms with Gasteiger partial charge >= 0.3 is 0 Å². The van der Waals surface area contributed by atoms with Crippen molar-refractivity contribution in [3.8, 4) is 0 Å². The average Bonchev–Trinajstić information content (AvgIpc) is 2.68. The lowest BCUT2D eigenvalue weighted by Gasteiger charge is -2.08. The quantitative estimate of drug-likeness (QED) is 0.506. The second kappa shape index (κ2) is 9.66. The number of anilines is 3. The number of carbonyl (C=O) groups is 1. The summed E-state index contributed by atoms with van der Waals surface area (Å²) in [4.78, 5) is 16.2. The SMILES string of the molecule is Cc1ccnc(Nc2ccc(NCCNC(=O)Cc3ccc(Cl)cc3)nn2)c1. The Balaban J connectivity index is 1.39. The number of aryl methyl sites for hydroxylation is 1. The molecule has 0 fully saturated rings. The van der Waals surface area contributed by atoms with Crippen LogP contribution < -0.4 is 16.0 Å². The summed E-state index contributed by atoms with van der Waals surface area (Å²) < 4.78 is 0. The van der Waals surface area contributed by atoms with Crippen LogP contribution in [0.5, 0.6) is 0 Å². The number of hydrogen-bond acceptors (Lipinski definition) is 6. The molecule has 28 heavy (non-hydrogen) atoms. The minimum Gasteiger partial charge on any atom is -0.367 e. The van der Waals surface area contributed by atoms with Crippen molar-refractivity contribution in [1.82, 2.24) is 20.5 Å². The van der Waals surface area contributed by atoms with Crippen LogP contribution >= 0.6 is 11.6 Å². The van der Waals surface area contributed by atoms with Gasteiger partial charge in [0.1, 0.15) is 11.6 Å². The predicted molar refractivity (Wildman–Crippen MR) is 111 cm³/mol. The fraction of sp³-hybridized carbons (Fsp3) is 0.200. The van der Waals surface area contributed by atoms with Crippen molar-refractivity contribution in [2.75, 3.05) is 23.7 Å². The Kier molecular flexibility index (Phi) is 6.75. The van der Waals surface area contributed by atoms with Gasteiger partial charge in [-0.1, -0.05) is 23.7 Å². The zero-order valence-corrected chi connectivity index (χ0v) is 16.2. The number of amides is 1. The molecule has 1 amide bonds. The highest BCUT2D eigenvalue weighted by Crippen LogP contribution is 2.13. The standard InChI is InChI=1S/C20H21ClN6O/c1-14-8-9-22-19(12-14)25-18-7-6-17(26-27-18)23-10-11-24-20(28)13-15-2-4-16(21)5-3-15/h2-9,12H,10-11,13H2,1H3,(H,23,26)(H,24,28)(H,22,25,27). The Bertz CT molecular complexity index is 915. The Hall–Kier alpha value is -3.19. The summed E-state index contributed by atoms with van der Waals surface area (Å²) in [5.74, 6) is 1.92. The number of rotatable bonds is 8. The summed E-state index contributed by atoms with van der Waals surface area (Å²) in [6.07, 6.45) is 2.06. The van der Waals surface area contributed by atoms with Crippen LogP contribution in [0, 0.1) is 6.92 Å². The smallest absolute Gasteiger partial charge is 0.224 e. The molecule has 3 rings (SSSR count). The maximum absolute atomic E-state index is 11.9. The zero-order chi connectivity index (χ0) is 19.8. The molecule has 0 spiro atoms. The van der Waals surface area contributed by atoms with E-state index in [1.807, 2.05) is 43.3 Å². The highest BCUT2D eigenvalue weighted by Gasteiger charge is 2.03. The zero-order valence-electron chi connectivity index (χ0n) is 15.4. The van der Waals surface area contributed by atoms with E-state index in [0.717, 1.165) is 16.9 Å². The van der Waals surface area contributed by atoms with Crippen LogP contribution in [0.4, 0.5) is 17.5 Å². The Morgan fingerprint density at radius 2 is 1.71 bits per heavy atom. The van der Waals surface area contributed by atoms with Crippen LogP contribution in [0.1, 0.15) is 11.1 Å². The maximum Gasteiger partial charge on any atom is 0.224 e. The third kappa shape index (κ3) is 6.21. The Morgan fingerprint density at radius 1 is 0.964 bits per heavy atom. The van der Waals surface area contributed by atoms with Gasteiger partial charge in [-0.15, -0.1) is 10.2 Å². The van der Waals surface area contributed by atoms with E-state index in [9.17, 15) is 4.79 Å². The number of nitrogens with zero attached hydrogens (tertiary/aromatic N) is 3. The summed E-state index contributed by atoms with van der Waals surface area (Å²) in [6, 6.07) is 14.7. The number of carbonyl (C=O) groups excluding carboxylic acids is 1. The molecular formula is C20H21ClN6O. The van der Waals surface area contributed by atoms with Crippen LogP contribution in [0.25, 0.3) is 0 Å². The molecule has 3 N–H and O–H groups in total. The Morgan fingerprint density at radius 3 is 2.43 bits per heavy atom.